The molecule has 0 radical (unpaired) electrons. The minimum Gasteiger partial charge on any atom is -0.423 e. The van der Waals surface area contributed by atoms with Crippen molar-refractivity contribution in [1.29, 1.82) is 0 Å². The Balaban J connectivity index is 0.000000111. The molecule has 22 rings (SSSR count). The van der Waals surface area contributed by atoms with E-state index in [1.165, 1.54) is 134 Å². The molecule has 0 saturated carbocycles. The first-order chi connectivity index (χ1) is 57.5. The van der Waals surface area contributed by atoms with Crippen LogP contribution in [-0.2, 0) is 0 Å². The van der Waals surface area contributed by atoms with Crippen LogP contribution in [0.15, 0.2) is 428 Å². The Hall–Kier alpha value is -12.4. The van der Waals surface area contributed by atoms with Crippen LogP contribution in [-0.4, -0.2) is 34.3 Å². The molecule has 4 nitrogen and oxygen atoms in total. The molecule has 0 saturated heterocycles. The van der Waals surface area contributed by atoms with Crippen molar-refractivity contribution >= 4 is 209 Å². The van der Waals surface area contributed by atoms with E-state index in [-0.39, 0.29) is 0 Å². The summed E-state index contributed by atoms with van der Waals surface area (Å²) in [7, 11) is -2.95. The first-order valence-corrected chi connectivity index (χ1v) is 41.7. The summed E-state index contributed by atoms with van der Waals surface area (Å²) < 4.78 is 3.51. The number of hydrogen-bond donors (Lipinski definition) is 4. The lowest BCUT2D eigenvalue weighted by molar-refractivity contribution is 0.425. The van der Waals surface area contributed by atoms with E-state index in [1.54, 1.807) is 6.07 Å². The van der Waals surface area contributed by atoms with E-state index in [9.17, 15) is 20.1 Å². The van der Waals surface area contributed by atoms with E-state index < -0.39 is 14.2 Å². The van der Waals surface area contributed by atoms with Gasteiger partial charge in [-0.15, -0.1) is 0 Å². The molecular weight excluding hydrogens is 1670 g/mol. The number of halogens is 3. The van der Waals surface area contributed by atoms with E-state index >= 15 is 0 Å². The van der Waals surface area contributed by atoms with Crippen molar-refractivity contribution in [1.82, 2.24) is 0 Å². The van der Waals surface area contributed by atoms with Gasteiger partial charge < -0.3 is 20.1 Å². The molecule has 0 atom stereocenters. The fourth-order valence-corrected chi connectivity index (χ4v) is 18.8. The van der Waals surface area contributed by atoms with Gasteiger partial charge in [0.1, 0.15) is 0 Å². The molecule has 9 heteroatoms. The van der Waals surface area contributed by atoms with Crippen molar-refractivity contribution in [2.45, 2.75) is 0 Å². The highest BCUT2D eigenvalue weighted by molar-refractivity contribution is 14.1. The molecule has 0 spiro atoms. The first-order valence-electron chi connectivity index (χ1n) is 39.0. The standard InChI is InChI=1S/C44H28.C24H17BO2.C20H13Br.C14H11BO2.C6H4BrI/c1-2-13-31-27-34(24-23-29(31)11-1)44-41-19-7-5-17-39(41)43(40-18-6-8-20-42(40)44)33-15-9-14-32(28-33)36-21-10-22-37-35-16-4-3-12-30(35)25-26-38(36)37;26-25(27)24-21-11-5-3-9-19(21)23(20-10-4-6-12-22(20)24)18-14-13-16-7-1-2-8-17(16)15-18;21-16-7-3-6-15(13-16)18-9-4-10-19-17-8-2-1-5-14(17)11-12-20(18)19;16-15(17)14-7-3-6-12-11-5-2-1-4-10(11)8-9-13(12)14;7-5-2-1-3-6(8)4-5/h1-28H;1-15,26-27H;1-13H;1-9,16-17H;1-4H. The summed E-state index contributed by atoms with van der Waals surface area (Å²) in [5, 5.41) is 67.2. The SMILES string of the molecule is Brc1cccc(-c2cccc3c2ccc2ccccc23)c1.Brc1cccc(I)c1.OB(O)c1c2ccccc2c(-c2ccc3ccccc3c2)c2ccccc12.OB(O)c1cccc2c1ccc1ccccc12.c1cc(-c2c3ccccc3c(-c3ccc4ccccc4c3)c3ccccc23)cc(-c2cccc3c2ccc2ccccc23)c1. The third-order valence-corrected chi connectivity index (χ3v) is 24.0. The maximum Gasteiger partial charge on any atom is 0.489 e. The van der Waals surface area contributed by atoms with Gasteiger partial charge in [-0.05, 0) is 267 Å². The smallest absolute Gasteiger partial charge is 0.423 e. The van der Waals surface area contributed by atoms with Crippen molar-refractivity contribution in [2.75, 3.05) is 0 Å². The van der Waals surface area contributed by atoms with Crippen LogP contribution in [0.5, 0.6) is 0 Å². The summed E-state index contributed by atoms with van der Waals surface area (Å²) in [4.78, 5) is 0. The lowest BCUT2D eigenvalue weighted by Gasteiger charge is -2.18. The van der Waals surface area contributed by atoms with Gasteiger partial charge >= 0.3 is 14.2 Å². The second kappa shape index (κ2) is 33.8. The van der Waals surface area contributed by atoms with E-state index in [1.807, 2.05) is 103 Å². The van der Waals surface area contributed by atoms with Gasteiger partial charge in [0.2, 0.25) is 0 Å². The van der Waals surface area contributed by atoms with Crippen molar-refractivity contribution in [3.8, 4) is 55.6 Å². The van der Waals surface area contributed by atoms with E-state index in [0.717, 1.165) is 63.2 Å². The van der Waals surface area contributed by atoms with Gasteiger partial charge in [-0.3, -0.25) is 0 Å². The zero-order chi connectivity index (χ0) is 79.5. The van der Waals surface area contributed by atoms with Crippen LogP contribution < -0.4 is 10.9 Å². The van der Waals surface area contributed by atoms with Crippen LogP contribution >= 0.6 is 54.5 Å². The molecule has 556 valence electrons. The topological polar surface area (TPSA) is 80.9 Å². The second-order valence-corrected chi connectivity index (χ2v) is 32.3. The molecule has 0 amide bonds. The van der Waals surface area contributed by atoms with E-state index in [2.05, 4.69) is 364 Å². The Morgan fingerprint density at radius 3 is 0.889 bits per heavy atom. The number of benzene rings is 22. The quantitative estimate of drug-likeness (QED) is 0.0555. The zero-order valence-corrected chi connectivity index (χ0v) is 68.7. The summed E-state index contributed by atoms with van der Waals surface area (Å²) in [5.74, 6) is 0. The monoisotopic (exact) mass is 1740 g/mol. The summed E-state index contributed by atoms with van der Waals surface area (Å²) in [6, 6.07) is 147. The first kappa shape index (κ1) is 75.9. The number of fused-ring (bicyclic) bond motifs is 15. The molecule has 22 aromatic carbocycles. The average molecular weight is 1740 g/mol. The van der Waals surface area contributed by atoms with Crippen molar-refractivity contribution < 1.29 is 20.1 Å². The molecule has 0 aliphatic rings. The molecule has 0 aliphatic heterocycles. The predicted molar refractivity (Wildman–Crippen MR) is 517 cm³/mol. The average Bonchev–Trinajstić information content (AvgIpc) is 0.511. The van der Waals surface area contributed by atoms with E-state index in [4.69, 9.17) is 0 Å². The van der Waals surface area contributed by atoms with Crippen LogP contribution in [0.1, 0.15) is 0 Å². The molecule has 0 heterocycles. The summed E-state index contributed by atoms with van der Waals surface area (Å²) in [6.07, 6.45) is 0. The third kappa shape index (κ3) is 15.4. The third-order valence-electron chi connectivity index (χ3n) is 22.3. The van der Waals surface area contributed by atoms with Crippen molar-refractivity contribution in [3.63, 3.8) is 0 Å². The van der Waals surface area contributed by atoms with Gasteiger partial charge in [-0.25, -0.2) is 0 Å². The van der Waals surface area contributed by atoms with Gasteiger partial charge in [0.05, 0.1) is 0 Å². The molecule has 0 unspecified atom stereocenters. The second-order valence-electron chi connectivity index (χ2n) is 29.2. The maximum absolute atomic E-state index is 10.1. The molecule has 22 aromatic rings. The Kier molecular flexibility index (Phi) is 22.0. The fourth-order valence-electron chi connectivity index (χ4n) is 17.0. The van der Waals surface area contributed by atoms with Gasteiger partial charge in [-0.2, -0.15) is 0 Å². The van der Waals surface area contributed by atoms with Gasteiger partial charge in [0, 0.05) is 12.5 Å². The summed E-state index contributed by atoms with van der Waals surface area (Å²) >= 11 is 9.20. The summed E-state index contributed by atoms with van der Waals surface area (Å²) in [6.45, 7) is 0. The van der Waals surface area contributed by atoms with Crippen LogP contribution in [0.4, 0.5) is 0 Å². The predicted octanol–water partition coefficient (Wildman–Crippen LogP) is 28.1. The van der Waals surface area contributed by atoms with Crippen LogP contribution in [0.3, 0.4) is 0 Å². The Morgan fingerprint density at radius 2 is 0.487 bits per heavy atom. The molecule has 0 fully saturated rings. The Labute approximate surface area is 709 Å². The molecule has 4 N–H and O–H groups in total. The molecule has 0 aliphatic carbocycles. The highest BCUT2D eigenvalue weighted by Crippen LogP contribution is 2.46. The molecule has 0 aromatic heterocycles. The Morgan fingerprint density at radius 1 is 0.188 bits per heavy atom. The minimum absolute atomic E-state index is 0.549. The van der Waals surface area contributed by atoms with Crippen molar-refractivity contribution in [2.24, 2.45) is 0 Å². The molecule has 117 heavy (non-hydrogen) atoms. The lowest BCUT2D eigenvalue weighted by Crippen LogP contribution is -2.31. The zero-order valence-electron chi connectivity index (χ0n) is 63.4. The fraction of sp³-hybridized carbons (Fsp3) is 0. The highest BCUT2D eigenvalue weighted by atomic mass is 127. The van der Waals surface area contributed by atoms with Crippen LogP contribution in [0, 0.1) is 3.57 Å². The number of rotatable bonds is 7. The lowest BCUT2D eigenvalue weighted by atomic mass is 9.72. The van der Waals surface area contributed by atoms with Crippen LogP contribution in [0.25, 0.3) is 185 Å². The van der Waals surface area contributed by atoms with E-state index in [0.29, 0.717) is 10.9 Å². The summed E-state index contributed by atoms with van der Waals surface area (Å²) in [5.41, 5.74) is 13.4. The highest BCUT2D eigenvalue weighted by Gasteiger charge is 2.24. The molecular formula is C108H73B2Br2IO4. The largest absolute Gasteiger partial charge is 0.489 e. The van der Waals surface area contributed by atoms with Gasteiger partial charge in [-0.1, -0.05) is 402 Å². The number of hydrogen-bond acceptors (Lipinski definition) is 4. The van der Waals surface area contributed by atoms with Gasteiger partial charge in [0.25, 0.3) is 0 Å². The van der Waals surface area contributed by atoms with Gasteiger partial charge in [0.15, 0.2) is 0 Å². The van der Waals surface area contributed by atoms with Crippen LogP contribution in [0.2, 0.25) is 0 Å². The normalized spacial score (nSPS) is 11.2. The van der Waals surface area contributed by atoms with Crippen molar-refractivity contribution in [3.05, 3.63) is 431 Å². The molecule has 0 bridgehead atoms. The Bertz CT molecular complexity index is 7420. The minimum atomic E-state index is -1.52. The maximum atomic E-state index is 10.1.